The van der Waals surface area contributed by atoms with Gasteiger partial charge in [-0.15, -0.1) is 0 Å². The zero-order valence-electron chi connectivity index (χ0n) is 19.1. The third-order valence-corrected chi connectivity index (χ3v) is 7.17. The van der Waals surface area contributed by atoms with Crippen LogP contribution < -0.4 is 19.8 Å². The molecule has 34 heavy (non-hydrogen) atoms. The third-order valence-electron chi connectivity index (χ3n) is 6.12. The Balaban J connectivity index is 1.83. The number of amides is 1. The average molecular weight is 474 g/mol. The van der Waals surface area contributed by atoms with Gasteiger partial charge in [0, 0.05) is 12.1 Å². The second kappa shape index (κ2) is 8.53. The quantitative estimate of drug-likeness (QED) is 0.546. The van der Waals surface area contributed by atoms with E-state index in [1.807, 2.05) is 61.5 Å². The standard InChI is InChI=1S/C26H23N3O4S/c1-4-14-28-18-13-9-8-12-17(18)20(23(28)30)22-24(31)29-21(16-10-6-5-7-11-16)19(25(32)33-3)15(2)27-26(29)34-22/h5-13,21H,4,14H2,1-3H3/b22-20-/t21-/m1/s1. The minimum absolute atomic E-state index is 0.187. The summed E-state index contributed by atoms with van der Waals surface area (Å²) in [5.74, 6) is -0.724. The van der Waals surface area contributed by atoms with Crippen LogP contribution in [0.5, 0.6) is 0 Å². The molecule has 0 aliphatic carbocycles. The van der Waals surface area contributed by atoms with E-state index in [2.05, 4.69) is 4.99 Å². The second-order valence-electron chi connectivity index (χ2n) is 8.15. The van der Waals surface area contributed by atoms with Crippen molar-refractivity contribution in [3.8, 4) is 0 Å². The number of nitrogens with zero attached hydrogens (tertiary/aromatic N) is 3. The van der Waals surface area contributed by atoms with Gasteiger partial charge < -0.3 is 9.64 Å². The van der Waals surface area contributed by atoms with E-state index in [1.54, 1.807) is 11.8 Å². The molecule has 0 unspecified atom stereocenters. The first-order valence-electron chi connectivity index (χ1n) is 11.1. The van der Waals surface area contributed by atoms with E-state index in [1.165, 1.54) is 23.0 Å². The van der Waals surface area contributed by atoms with Gasteiger partial charge in [-0.3, -0.25) is 14.2 Å². The van der Waals surface area contributed by atoms with Crippen molar-refractivity contribution in [1.29, 1.82) is 0 Å². The van der Waals surface area contributed by atoms with Crippen LogP contribution in [0.15, 0.2) is 75.7 Å². The summed E-state index contributed by atoms with van der Waals surface area (Å²) in [5, 5.41) is 0. The van der Waals surface area contributed by atoms with Crippen molar-refractivity contribution in [3.63, 3.8) is 0 Å². The molecule has 2 aliphatic heterocycles. The first-order chi connectivity index (χ1) is 16.5. The summed E-state index contributed by atoms with van der Waals surface area (Å²) in [6.07, 6.45) is 0.796. The molecule has 1 aromatic heterocycles. The Kier molecular flexibility index (Phi) is 5.53. The number of methoxy groups -OCH3 is 1. The largest absolute Gasteiger partial charge is 0.466 e. The topological polar surface area (TPSA) is 81.0 Å². The number of carbonyl (C=O) groups is 2. The monoisotopic (exact) mass is 473 g/mol. The van der Waals surface area contributed by atoms with Crippen molar-refractivity contribution < 1.29 is 14.3 Å². The molecule has 0 saturated heterocycles. The van der Waals surface area contributed by atoms with Crippen LogP contribution in [0, 0.1) is 0 Å². The van der Waals surface area contributed by atoms with E-state index in [4.69, 9.17) is 4.74 Å². The highest BCUT2D eigenvalue weighted by atomic mass is 32.1. The van der Waals surface area contributed by atoms with Crippen LogP contribution >= 0.6 is 11.3 Å². The minimum atomic E-state index is -0.697. The first-order valence-corrected chi connectivity index (χ1v) is 11.9. The Bertz CT molecular complexity index is 1530. The molecule has 3 aromatic rings. The fourth-order valence-corrected chi connectivity index (χ4v) is 5.78. The zero-order valence-corrected chi connectivity index (χ0v) is 19.9. The normalized spacial score (nSPS) is 18.5. The summed E-state index contributed by atoms with van der Waals surface area (Å²) in [6.45, 7) is 4.32. The molecule has 0 saturated carbocycles. The number of anilines is 1. The van der Waals surface area contributed by atoms with Gasteiger partial charge in [-0.1, -0.05) is 66.8 Å². The molecule has 0 radical (unpaired) electrons. The second-order valence-corrected chi connectivity index (χ2v) is 9.13. The van der Waals surface area contributed by atoms with Gasteiger partial charge in [-0.25, -0.2) is 9.79 Å². The molecule has 8 heteroatoms. The molecule has 1 atom stereocenters. The number of benzene rings is 2. The van der Waals surface area contributed by atoms with Crippen molar-refractivity contribution in [1.82, 2.24) is 4.57 Å². The molecule has 1 amide bonds. The molecule has 5 rings (SSSR count). The third kappa shape index (κ3) is 3.25. The summed E-state index contributed by atoms with van der Waals surface area (Å²) in [4.78, 5) is 46.9. The number of allylic oxidation sites excluding steroid dienone is 1. The van der Waals surface area contributed by atoms with Gasteiger partial charge in [-0.2, -0.15) is 0 Å². The molecule has 7 nitrogen and oxygen atoms in total. The molecule has 2 aliphatic rings. The number of rotatable bonds is 4. The number of carbonyl (C=O) groups excluding carboxylic acids is 2. The number of fused-ring (bicyclic) bond motifs is 2. The fraction of sp³-hybridized carbons (Fsp3) is 0.231. The lowest BCUT2D eigenvalue weighted by atomic mass is 9.96. The summed E-state index contributed by atoms with van der Waals surface area (Å²) in [6, 6.07) is 16.2. The smallest absolute Gasteiger partial charge is 0.338 e. The number of thiazole rings is 1. The molecule has 3 heterocycles. The summed E-state index contributed by atoms with van der Waals surface area (Å²) < 4.78 is 6.89. The molecule has 2 aromatic carbocycles. The van der Waals surface area contributed by atoms with Crippen molar-refractivity contribution in [3.05, 3.63) is 96.7 Å². The molecule has 0 N–H and O–H groups in total. The van der Waals surface area contributed by atoms with Crippen LogP contribution in [0.3, 0.4) is 0 Å². The summed E-state index contributed by atoms with van der Waals surface area (Å²) >= 11 is 1.18. The highest BCUT2D eigenvalue weighted by Gasteiger charge is 2.36. The van der Waals surface area contributed by atoms with Gasteiger partial charge in [0.05, 0.1) is 35.7 Å². The van der Waals surface area contributed by atoms with E-state index in [9.17, 15) is 14.4 Å². The molecule has 0 bridgehead atoms. The molecule has 0 spiro atoms. The number of esters is 1. The lowest BCUT2D eigenvalue weighted by Gasteiger charge is -2.24. The highest BCUT2D eigenvalue weighted by molar-refractivity contribution is 7.07. The minimum Gasteiger partial charge on any atom is -0.466 e. The lowest BCUT2D eigenvalue weighted by Crippen LogP contribution is -2.40. The maximum Gasteiger partial charge on any atom is 0.338 e. The van der Waals surface area contributed by atoms with Gasteiger partial charge in [0.2, 0.25) is 0 Å². The number of para-hydroxylation sites is 1. The Morgan fingerprint density at radius 1 is 1.09 bits per heavy atom. The van der Waals surface area contributed by atoms with Crippen LogP contribution in [0.2, 0.25) is 0 Å². The molecule has 0 fully saturated rings. The van der Waals surface area contributed by atoms with Crippen LogP contribution in [-0.4, -0.2) is 30.1 Å². The van der Waals surface area contributed by atoms with Crippen molar-refractivity contribution in [2.45, 2.75) is 26.3 Å². The maximum absolute atomic E-state index is 13.9. The van der Waals surface area contributed by atoms with Crippen LogP contribution in [0.1, 0.15) is 37.4 Å². The zero-order chi connectivity index (χ0) is 24.0. The van der Waals surface area contributed by atoms with Crippen LogP contribution in [-0.2, 0) is 14.3 Å². The number of ether oxygens (including phenoxy) is 1. The van der Waals surface area contributed by atoms with E-state index < -0.39 is 12.0 Å². The van der Waals surface area contributed by atoms with Crippen molar-refractivity contribution in [2.24, 2.45) is 4.99 Å². The first kappa shape index (κ1) is 22.0. The van der Waals surface area contributed by atoms with E-state index in [0.29, 0.717) is 32.7 Å². The SMILES string of the molecule is CCCN1C(=O)/C(=c2\sc3n(c2=O)[C@H](c2ccccc2)C(C(=O)OC)=C(C)N=3)c2ccccc21. The Hall–Kier alpha value is -3.78. The Morgan fingerprint density at radius 2 is 1.79 bits per heavy atom. The van der Waals surface area contributed by atoms with Crippen LogP contribution in [0.4, 0.5) is 5.69 Å². The average Bonchev–Trinajstić information content (AvgIpc) is 3.31. The molecular weight excluding hydrogens is 450 g/mol. The lowest BCUT2D eigenvalue weighted by molar-refractivity contribution is -0.136. The number of hydrogen-bond donors (Lipinski definition) is 0. The Labute approximate surface area is 199 Å². The van der Waals surface area contributed by atoms with E-state index in [0.717, 1.165) is 23.2 Å². The fourth-order valence-electron chi connectivity index (χ4n) is 4.64. The van der Waals surface area contributed by atoms with E-state index in [-0.39, 0.29) is 11.5 Å². The van der Waals surface area contributed by atoms with Gasteiger partial charge >= 0.3 is 5.97 Å². The molecule has 172 valence electrons. The Morgan fingerprint density at radius 3 is 2.50 bits per heavy atom. The van der Waals surface area contributed by atoms with Gasteiger partial charge in [-0.05, 0) is 25.0 Å². The summed E-state index contributed by atoms with van der Waals surface area (Å²) in [5.41, 5.74) is 3.16. The maximum atomic E-state index is 13.9. The van der Waals surface area contributed by atoms with Crippen LogP contribution in [0.25, 0.3) is 5.57 Å². The highest BCUT2D eigenvalue weighted by Crippen LogP contribution is 2.35. The predicted octanol–water partition coefficient (Wildman–Crippen LogP) is 2.54. The van der Waals surface area contributed by atoms with Gasteiger partial charge in [0.25, 0.3) is 11.5 Å². The summed E-state index contributed by atoms with van der Waals surface area (Å²) in [7, 11) is 1.31. The van der Waals surface area contributed by atoms with Crippen molar-refractivity contribution >= 4 is 34.5 Å². The number of aromatic nitrogens is 1. The predicted molar refractivity (Wildman–Crippen MR) is 130 cm³/mol. The van der Waals surface area contributed by atoms with Gasteiger partial charge in [0.15, 0.2) is 4.80 Å². The van der Waals surface area contributed by atoms with Gasteiger partial charge in [0.1, 0.15) is 4.53 Å². The number of hydrogen-bond acceptors (Lipinski definition) is 6. The van der Waals surface area contributed by atoms with Crippen molar-refractivity contribution in [2.75, 3.05) is 18.6 Å². The van der Waals surface area contributed by atoms with E-state index >= 15 is 0 Å². The molecular formula is C26H23N3O4S.